The Balaban J connectivity index is 1.67. The van der Waals surface area contributed by atoms with E-state index in [0.717, 1.165) is 22.5 Å². The van der Waals surface area contributed by atoms with Crippen LogP contribution in [0.3, 0.4) is 0 Å². The van der Waals surface area contributed by atoms with E-state index in [1.54, 1.807) is 12.1 Å². The Kier molecular flexibility index (Phi) is 6.88. The number of carbonyl (C=O) groups excluding carboxylic acids is 1. The molecule has 0 fully saturated rings. The smallest absolute Gasteiger partial charge is 0.270 e. The molecule has 0 bridgehead atoms. The number of sulfonamides is 1. The van der Waals surface area contributed by atoms with Crippen molar-refractivity contribution < 1.29 is 13.2 Å². The number of hydrogen-bond donors (Lipinski definition) is 2. The molecule has 0 saturated carbocycles. The molecular formula is C22H26N4O3S2. The van der Waals surface area contributed by atoms with Gasteiger partial charge in [0.05, 0.1) is 0 Å². The molecule has 0 saturated heterocycles. The van der Waals surface area contributed by atoms with Crippen LogP contribution in [0, 0.1) is 6.92 Å². The second kappa shape index (κ2) is 9.25. The zero-order chi connectivity index (χ0) is 22.6. The molecule has 164 valence electrons. The molecule has 1 heterocycles. The van der Waals surface area contributed by atoms with Crippen molar-refractivity contribution in [2.45, 2.75) is 49.9 Å². The first-order chi connectivity index (χ1) is 14.6. The van der Waals surface area contributed by atoms with Crippen LogP contribution in [0.4, 0.5) is 5.13 Å². The number of aromatic nitrogens is 2. The molecule has 9 heteroatoms. The van der Waals surface area contributed by atoms with Gasteiger partial charge in [0, 0.05) is 11.6 Å². The van der Waals surface area contributed by atoms with Crippen molar-refractivity contribution in [3.8, 4) is 0 Å². The first kappa shape index (κ1) is 23.1. The number of nitrogens with one attached hydrogen (secondary N) is 2. The van der Waals surface area contributed by atoms with Crippen molar-refractivity contribution in [3.05, 3.63) is 71.3 Å². The third kappa shape index (κ3) is 5.75. The average Bonchev–Trinajstić information content (AvgIpc) is 3.17. The summed E-state index contributed by atoms with van der Waals surface area (Å²) in [5.41, 5.74) is 2.24. The summed E-state index contributed by atoms with van der Waals surface area (Å²) in [5.74, 6) is -0.357. The summed E-state index contributed by atoms with van der Waals surface area (Å²) in [5, 5.41) is 10.3. The van der Waals surface area contributed by atoms with Crippen molar-refractivity contribution in [1.82, 2.24) is 14.9 Å². The largest absolute Gasteiger partial charge is 0.296 e. The fourth-order valence-electron chi connectivity index (χ4n) is 3.49. The molecule has 1 aromatic heterocycles. The minimum atomic E-state index is -3.86. The molecule has 0 radical (unpaired) electrons. The van der Waals surface area contributed by atoms with Gasteiger partial charge in [-0.2, -0.15) is 0 Å². The molecule has 2 N–H and O–H groups in total. The highest BCUT2D eigenvalue weighted by molar-refractivity contribution is 7.91. The minimum absolute atomic E-state index is 0.130. The number of anilines is 1. The quantitative estimate of drug-likeness (QED) is 0.494. The Hall–Kier alpha value is -2.62. The van der Waals surface area contributed by atoms with Gasteiger partial charge in [-0.15, -0.1) is 10.2 Å². The van der Waals surface area contributed by atoms with E-state index in [-0.39, 0.29) is 26.8 Å². The Morgan fingerprint density at radius 3 is 2.39 bits per heavy atom. The maximum absolute atomic E-state index is 12.8. The number of nitrogens with zero attached hydrogens (tertiary/aromatic N) is 2. The fourth-order valence-corrected chi connectivity index (χ4v) is 5.65. The Labute approximate surface area is 187 Å². The summed E-state index contributed by atoms with van der Waals surface area (Å²) in [6, 6.07) is 16.8. The zero-order valence-electron chi connectivity index (χ0n) is 17.9. The van der Waals surface area contributed by atoms with E-state index >= 15 is 0 Å². The molecule has 0 aliphatic heterocycles. The molecule has 3 aromatic rings. The number of amides is 1. The molecule has 0 spiro atoms. The summed E-state index contributed by atoms with van der Waals surface area (Å²) >= 11 is 0.820. The lowest BCUT2D eigenvalue weighted by Crippen LogP contribution is -2.37. The normalized spacial score (nSPS) is 13.0. The Morgan fingerprint density at radius 1 is 1.06 bits per heavy atom. The molecule has 7 nitrogen and oxygen atoms in total. The maximum Gasteiger partial charge on any atom is 0.270 e. The van der Waals surface area contributed by atoms with Crippen LogP contribution in [0.25, 0.3) is 0 Å². The SMILES string of the molecule is Cc1ccccc1C(=O)Nc1nnc(S(=O)(=O)N[C@@H](C)CC(C)(C)c2ccccc2)s1. The summed E-state index contributed by atoms with van der Waals surface area (Å²) in [4.78, 5) is 12.4. The molecule has 0 unspecified atom stereocenters. The van der Waals surface area contributed by atoms with Crippen molar-refractivity contribution in [2.75, 3.05) is 5.32 Å². The number of carbonyl (C=O) groups is 1. The summed E-state index contributed by atoms with van der Waals surface area (Å²) < 4.78 is 28.0. The van der Waals surface area contributed by atoms with Gasteiger partial charge in [-0.3, -0.25) is 10.1 Å². The average molecular weight is 459 g/mol. The highest BCUT2D eigenvalue weighted by Crippen LogP contribution is 2.29. The number of benzene rings is 2. The van der Waals surface area contributed by atoms with Crippen LogP contribution in [0.15, 0.2) is 58.9 Å². The summed E-state index contributed by atoms with van der Waals surface area (Å²) in [7, 11) is -3.86. The fraction of sp³-hybridized carbons (Fsp3) is 0.318. The molecule has 2 aromatic carbocycles. The van der Waals surface area contributed by atoms with E-state index in [1.165, 1.54) is 0 Å². The molecule has 3 rings (SSSR count). The topological polar surface area (TPSA) is 101 Å². The van der Waals surface area contributed by atoms with Gasteiger partial charge < -0.3 is 0 Å². The predicted octanol–water partition coefficient (Wildman–Crippen LogP) is 4.13. The predicted molar refractivity (Wildman–Crippen MR) is 123 cm³/mol. The number of aryl methyl sites for hydroxylation is 1. The minimum Gasteiger partial charge on any atom is -0.296 e. The van der Waals surface area contributed by atoms with Gasteiger partial charge in [-0.25, -0.2) is 13.1 Å². The Bertz CT molecular complexity index is 1160. The highest BCUT2D eigenvalue weighted by atomic mass is 32.2. The van der Waals surface area contributed by atoms with Crippen LogP contribution < -0.4 is 10.0 Å². The molecule has 1 atom stereocenters. The van der Waals surface area contributed by atoms with Gasteiger partial charge in [-0.1, -0.05) is 73.7 Å². The summed E-state index contributed by atoms with van der Waals surface area (Å²) in [6.07, 6.45) is 0.603. The van der Waals surface area contributed by atoms with Gasteiger partial charge >= 0.3 is 0 Å². The number of hydrogen-bond acceptors (Lipinski definition) is 6. The van der Waals surface area contributed by atoms with Crippen molar-refractivity contribution in [1.29, 1.82) is 0 Å². The molecular weight excluding hydrogens is 432 g/mol. The van der Waals surface area contributed by atoms with Gasteiger partial charge in [0.25, 0.3) is 15.9 Å². The second-order valence-electron chi connectivity index (χ2n) is 8.12. The van der Waals surface area contributed by atoms with Crippen molar-refractivity contribution in [3.63, 3.8) is 0 Å². The van der Waals surface area contributed by atoms with Gasteiger partial charge in [-0.05, 0) is 42.9 Å². The van der Waals surface area contributed by atoms with Crippen LogP contribution in [0.1, 0.15) is 48.7 Å². The lowest BCUT2D eigenvalue weighted by atomic mass is 9.79. The third-order valence-corrected chi connectivity index (χ3v) is 7.77. The Morgan fingerprint density at radius 2 is 1.71 bits per heavy atom. The lowest BCUT2D eigenvalue weighted by Gasteiger charge is -2.28. The van der Waals surface area contributed by atoms with Crippen molar-refractivity contribution >= 4 is 32.4 Å². The second-order valence-corrected chi connectivity index (χ2v) is 11.0. The monoisotopic (exact) mass is 458 g/mol. The van der Waals surface area contributed by atoms with Crippen molar-refractivity contribution in [2.24, 2.45) is 0 Å². The maximum atomic E-state index is 12.8. The number of rotatable bonds is 8. The first-order valence-corrected chi connectivity index (χ1v) is 12.2. The van der Waals surface area contributed by atoms with E-state index in [0.29, 0.717) is 12.0 Å². The van der Waals surface area contributed by atoms with Gasteiger partial charge in [0.15, 0.2) is 0 Å². The van der Waals surface area contributed by atoms with E-state index in [2.05, 4.69) is 34.1 Å². The first-order valence-electron chi connectivity index (χ1n) is 9.87. The van der Waals surface area contributed by atoms with Gasteiger partial charge in [0.1, 0.15) is 0 Å². The van der Waals surface area contributed by atoms with E-state index in [4.69, 9.17) is 0 Å². The summed E-state index contributed by atoms with van der Waals surface area (Å²) in [6.45, 7) is 7.81. The molecule has 31 heavy (non-hydrogen) atoms. The highest BCUT2D eigenvalue weighted by Gasteiger charge is 2.28. The van der Waals surface area contributed by atoms with E-state index < -0.39 is 10.0 Å². The molecule has 0 aliphatic rings. The van der Waals surface area contributed by atoms with E-state index in [9.17, 15) is 13.2 Å². The van der Waals surface area contributed by atoms with Crippen LogP contribution in [0.5, 0.6) is 0 Å². The van der Waals surface area contributed by atoms with Gasteiger partial charge in [0.2, 0.25) is 9.47 Å². The lowest BCUT2D eigenvalue weighted by molar-refractivity contribution is 0.102. The van der Waals surface area contributed by atoms with Crippen LogP contribution in [0.2, 0.25) is 0 Å². The standard InChI is InChI=1S/C22H26N4O3S2/c1-15-10-8-9-13-18(15)19(27)23-20-24-25-21(30-20)31(28,29)26-16(2)14-22(3,4)17-11-6-5-7-12-17/h5-13,16,26H,14H2,1-4H3,(H,23,24,27)/t16-/m0/s1. The third-order valence-electron chi connectivity index (χ3n) is 4.97. The molecule has 0 aliphatic carbocycles. The van der Waals surface area contributed by atoms with Crippen LogP contribution in [-0.2, 0) is 15.4 Å². The van der Waals surface area contributed by atoms with Crippen LogP contribution in [-0.4, -0.2) is 30.6 Å². The molecule has 1 amide bonds. The van der Waals surface area contributed by atoms with E-state index in [1.807, 2.05) is 56.3 Å². The zero-order valence-corrected chi connectivity index (χ0v) is 19.5. The van der Waals surface area contributed by atoms with Crippen LogP contribution >= 0.6 is 11.3 Å².